The Labute approximate surface area is 134 Å². The number of para-hydroxylation sites is 1. The van der Waals surface area contributed by atoms with Crippen LogP contribution in [0.4, 0.5) is 0 Å². The maximum absolute atomic E-state index is 13.0. The summed E-state index contributed by atoms with van der Waals surface area (Å²) >= 11 is 0. The SMILES string of the molecule is COC(=O)Cc1cc2ccccc2n1S(=O)(=O)c1ccccc1. The van der Waals surface area contributed by atoms with Gasteiger partial charge in [-0.05, 0) is 24.3 Å². The second kappa shape index (κ2) is 5.89. The number of carbonyl (C=O) groups excluding carboxylic acids is 1. The molecule has 0 bridgehead atoms. The summed E-state index contributed by atoms with van der Waals surface area (Å²) in [6.45, 7) is 0. The van der Waals surface area contributed by atoms with Crippen LogP contribution in [0.5, 0.6) is 0 Å². The molecule has 0 amide bonds. The van der Waals surface area contributed by atoms with Gasteiger partial charge in [0.2, 0.25) is 0 Å². The van der Waals surface area contributed by atoms with E-state index in [9.17, 15) is 13.2 Å². The van der Waals surface area contributed by atoms with E-state index in [4.69, 9.17) is 0 Å². The molecule has 0 fully saturated rings. The largest absolute Gasteiger partial charge is 0.469 e. The summed E-state index contributed by atoms with van der Waals surface area (Å²) in [6, 6.07) is 17.0. The van der Waals surface area contributed by atoms with E-state index in [0.29, 0.717) is 11.2 Å². The van der Waals surface area contributed by atoms with E-state index in [-0.39, 0.29) is 11.3 Å². The topological polar surface area (TPSA) is 65.4 Å². The molecular weight excluding hydrogens is 314 g/mol. The molecule has 0 aliphatic carbocycles. The van der Waals surface area contributed by atoms with Gasteiger partial charge < -0.3 is 4.74 Å². The zero-order valence-electron chi connectivity index (χ0n) is 12.5. The third-order valence-corrected chi connectivity index (χ3v) is 5.35. The first kappa shape index (κ1) is 15.3. The van der Waals surface area contributed by atoms with Gasteiger partial charge in [0.25, 0.3) is 10.0 Å². The average molecular weight is 329 g/mol. The lowest BCUT2D eigenvalue weighted by atomic mass is 10.2. The van der Waals surface area contributed by atoms with E-state index in [1.807, 2.05) is 12.1 Å². The van der Waals surface area contributed by atoms with Crippen molar-refractivity contribution in [1.29, 1.82) is 0 Å². The number of carbonyl (C=O) groups is 1. The Kier molecular flexibility index (Phi) is 3.92. The van der Waals surface area contributed by atoms with Crippen molar-refractivity contribution in [2.75, 3.05) is 7.11 Å². The van der Waals surface area contributed by atoms with Gasteiger partial charge in [0.1, 0.15) is 0 Å². The molecular formula is C17H15NO4S. The van der Waals surface area contributed by atoms with E-state index in [2.05, 4.69) is 4.74 Å². The Morgan fingerprint density at radius 2 is 1.70 bits per heavy atom. The second-order valence-corrected chi connectivity index (χ2v) is 6.82. The first-order valence-corrected chi connectivity index (χ1v) is 8.45. The fourth-order valence-electron chi connectivity index (χ4n) is 2.51. The van der Waals surface area contributed by atoms with Crippen molar-refractivity contribution >= 4 is 26.9 Å². The lowest BCUT2D eigenvalue weighted by Gasteiger charge is -2.11. The predicted octanol–water partition coefficient (Wildman–Crippen LogP) is 2.59. The van der Waals surface area contributed by atoms with Crippen molar-refractivity contribution in [3.63, 3.8) is 0 Å². The van der Waals surface area contributed by atoms with Gasteiger partial charge in [-0.3, -0.25) is 4.79 Å². The van der Waals surface area contributed by atoms with Crippen LogP contribution in [0.15, 0.2) is 65.6 Å². The van der Waals surface area contributed by atoms with Gasteiger partial charge >= 0.3 is 5.97 Å². The Morgan fingerprint density at radius 1 is 1.04 bits per heavy atom. The maximum Gasteiger partial charge on any atom is 0.311 e. The molecule has 5 nitrogen and oxygen atoms in total. The number of rotatable bonds is 4. The fraction of sp³-hybridized carbons (Fsp3) is 0.118. The van der Waals surface area contributed by atoms with Crippen LogP contribution in [0.25, 0.3) is 10.9 Å². The predicted molar refractivity (Wildman–Crippen MR) is 86.7 cm³/mol. The van der Waals surface area contributed by atoms with Crippen LogP contribution < -0.4 is 0 Å². The Bertz CT molecular complexity index is 959. The van der Waals surface area contributed by atoms with Crippen molar-refractivity contribution in [3.8, 4) is 0 Å². The number of nitrogens with zero attached hydrogens (tertiary/aromatic N) is 1. The smallest absolute Gasteiger partial charge is 0.311 e. The third-order valence-electron chi connectivity index (χ3n) is 3.57. The van der Waals surface area contributed by atoms with Crippen molar-refractivity contribution in [2.45, 2.75) is 11.3 Å². The number of benzene rings is 2. The number of fused-ring (bicyclic) bond motifs is 1. The van der Waals surface area contributed by atoms with Gasteiger partial charge in [-0.25, -0.2) is 12.4 Å². The molecule has 3 rings (SSSR count). The molecule has 0 atom stereocenters. The standard InChI is InChI=1S/C17H15NO4S/c1-22-17(19)12-14-11-13-7-5-6-10-16(13)18(14)23(20,21)15-8-3-2-4-9-15/h2-11H,12H2,1H3. The highest BCUT2D eigenvalue weighted by Crippen LogP contribution is 2.26. The summed E-state index contributed by atoms with van der Waals surface area (Å²) in [5.41, 5.74) is 0.914. The van der Waals surface area contributed by atoms with Gasteiger partial charge in [-0.1, -0.05) is 36.4 Å². The summed E-state index contributed by atoms with van der Waals surface area (Å²) in [5.74, 6) is -0.489. The normalized spacial score (nSPS) is 11.5. The molecule has 0 aliphatic heterocycles. The highest BCUT2D eigenvalue weighted by Gasteiger charge is 2.23. The number of hydrogen-bond donors (Lipinski definition) is 0. The molecule has 0 N–H and O–H groups in total. The van der Waals surface area contributed by atoms with E-state index in [0.717, 1.165) is 5.39 Å². The average Bonchev–Trinajstić information content (AvgIpc) is 2.94. The Hall–Kier alpha value is -2.60. The number of methoxy groups -OCH3 is 1. The minimum Gasteiger partial charge on any atom is -0.469 e. The van der Waals surface area contributed by atoms with Gasteiger partial charge in [0.05, 0.1) is 23.9 Å². The zero-order valence-corrected chi connectivity index (χ0v) is 13.3. The molecule has 0 radical (unpaired) electrons. The third kappa shape index (κ3) is 2.73. The van der Waals surface area contributed by atoms with Crippen molar-refractivity contribution < 1.29 is 17.9 Å². The number of hydrogen-bond acceptors (Lipinski definition) is 4. The molecule has 118 valence electrons. The molecule has 3 aromatic rings. The van der Waals surface area contributed by atoms with Crippen LogP contribution in [0.2, 0.25) is 0 Å². The molecule has 2 aromatic carbocycles. The van der Waals surface area contributed by atoms with Crippen LogP contribution in [0, 0.1) is 0 Å². The molecule has 23 heavy (non-hydrogen) atoms. The Morgan fingerprint density at radius 3 is 2.39 bits per heavy atom. The van der Waals surface area contributed by atoms with E-state index < -0.39 is 16.0 Å². The van der Waals surface area contributed by atoms with Gasteiger partial charge in [0, 0.05) is 11.1 Å². The maximum atomic E-state index is 13.0. The summed E-state index contributed by atoms with van der Waals surface area (Å²) in [4.78, 5) is 11.8. The van der Waals surface area contributed by atoms with Crippen molar-refractivity contribution in [3.05, 3.63) is 66.4 Å². The second-order valence-electron chi connectivity index (χ2n) is 5.03. The minimum atomic E-state index is -3.80. The van der Waals surface area contributed by atoms with Gasteiger partial charge in [-0.15, -0.1) is 0 Å². The molecule has 0 aliphatic rings. The molecule has 0 saturated carbocycles. The van der Waals surface area contributed by atoms with Crippen molar-refractivity contribution in [1.82, 2.24) is 3.97 Å². The van der Waals surface area contributed by atoms with E-state index >= 15 is 0 Å². The molecule has 0 spiro atoms. The number of aromatic nitrogens is 1. The highest BCUT2D eigenvalue weighted by molar-refractivity contribution is 7.90. The summed E-state index contributed by atoms with van der Waals surface area (Å²) < 4.78 is 31.9. The number of ether oxygens (including phenoxy) is 1. The summed E-state index contributed by atoms with van der Waals surface area (Å²) in [6.07, 6.45) is -0.114. The molecule has 0 saturated heterocycles. The highest BCUT2D eigenvalue weighted by atomic mass is 32.2. The summed E-state index contributed by atoms with van der Waals surface area (Å²) in [7, 11) is -2.52. The quantitative estimate of drug-likeness (QED) is 0.690. The first-order chi connectivity index (χ1) is 11.0. The molecule has 6 heteroatoms. The Balaban J connectivity index is 2.26. The molecule has 1 aromatic heterocycles. The summed E-state index contributed by atoms with van der Waals surface area (Å²) in [5, 5.41) is 0.755. The van der Waals surface area contributed by atoms with Crippen molar-refractivity contribution in [2.24, 2.45) is 0 Å². The van der Waals surface area contributed by atoms with E-state index in [1.54, 1.807) is 36.4 Å². The minimum absolute atomic E-state index is 0.114. The van der Waals surface area contributed by atoms with Crippen LogP contribution in [-0.4, -0.2) is 25.5 Å². The number of esters is 1. The van der Waals surface area contributed by atoms with Gasteiger partial charge in [-0.2, -0.15) is 0 Å². The lowest BCUT2D eigenvalue weighted by Crippen LogP contribution is -2.18. The van der Waals surface area contributed by atoms with Gasteiger partial charge in [0.15, 0.2) is 0 Å². The molecule has 1 heterocycles. The lowest BCUT2D eigenvalue weighted by molar-refractivity contribution is -0.139. The van der Waals surface area contributed by atoms with Crippen LogP contribution >= 0.6 is 0 Å². The fourth-order valence-corrected chi connectivity index (χ4v) is 4.08. The first-order valence-electron chi connectivity index (χ1n) is 7.01. The van der Waals surface area contributed by atoms with Crippen LogP contribution in [0.3, 0.4) is 0 Å². The van der Waals surface area contributed by atoms with Crippen LogP contribution in [0.1, 0.15) is 5.69 Å². The monoisotopic (exact) mass is 329 g/mol. The van der Waals surface area contributed by atoms with E-state index in [1.165, 1.54) is 23.2 Å². The van der Waals surface area contributed by atoms with Crippen LogP contribution in [-0.2, 0) is 26.0 Å². The molecule has 0 unspecified atom stereocenters. The zero-order chi connectivity index (χ0) is 16.4.